The number of allylic oxidation sites excluding steroid dienone is 8. The van der Waals surface area contributed by atoms with Crippen LogP contribution in [-0.2, 0) is 5.41 Å². The van der Waals surface area contributed by atoms with Crippen molar-refractivity contribution in [3.05, 3.63) is 156 Å². The van der Waals surface area contributed by atoms with Gasteiger partial charge in [0.1, 0.15) is 5.58 Å². The molecule has 0 atom stereocenters. The summed E-state index contributed by atoms with van der Waals surface area (Å²) < 4.78 is 6.51. The van der Waals surface area contributed by atoms with Crippen molar-refractivity contribution in [3.63, 3.8) is 0 Å². The van der Waals surface area contributed by atoms with Crippen molar-refractivity contribution >= 4 is 51.4 Å². The van der Waals surface area contributed by atoms with Gasteiger partial charge in [-0.25, -0.2) is 0 Å². The Morgan fingerprint density at radius 3 is 2.40 bits per heavy atom. The van der Waals surface area contributed by atoms with Crippen molar-refractivity contribution in [2.24, 2.45) is 0 Å². The highest BCUT2D eigenvalue weighted by Crippen LogP contribution is 2.51. The Hall–Kier alpha value is -4.84. The van der Waals surface area contributed by atoms with E-state index in [1.807, 2.05) is 48.6 Å². The lowest BCUT2D eigenvalue weighted by molar-refractivity contribution is 0.425. The zero-order chi connectivity index (χ0) is 31.1. The van der Waals surface area contributed by atoms with E-state index >= 15 is 0 Å². The zero-order valence-corrected chi connectivity index (χ0v) is 25.7. The molecule has 0 saturated heterocycles. The van der Waals surface area contributed by atoms with Gasteiger partial charge in [0.2, 0.25) is 0 Å². The maximum absolute atomic E-state index is 10.1. The first-order chi connectivity index (χ1) is 21.9. The van der Waals surface area contributed by atoms with Crippen LogP contribution in [0.15, 0.2) is 144 Å². The van der Waals surface area contributed by atoms with Gasteiger partial charge in [0.15, 0.2) is 5.58 Å². The summed E-state index contributed by atoms with van der Waals surface area (Å²) in [5.74, 6) is 0. The molecule has 1 aromatic heterocycles. The largest absolute Gasteiger partial charge is 0.492 e. The molecule has 222 valence electrons. The number of hydrogen-bond donors (Lipinski definition) is 2. The van der Waals surface area contributed by atoms with E-state index in [2.05, 4.69) is 92.1 Å². The van der Waals surface area contributed by atoms with Crippen LogP contribution >= 0.6 is 0 Å². The fourth-order valence-corrected chi connectivity index (χ4v) is 7.10. The van der Waals surface area contributed by atoms with Crippen LogP contribution in [0.1, 0.15) is 43.4 Å². The molecule has 0 aliphatic heterocycles. The van der Waals surface area contributed by atoms with Crippen LogP contribution in [-0.4, -0.2) is 23.7 Å². The number of anilines is 1. The molecule has 0 fully saturated rings. The van der Waals surface area contributed by atoms with Gasteiger partial charge in [-0.1, -0.05) is 130 Å². The molecule has 4 nitrogen and oxygen atoms in total. The van der Waals surface area contributed by atoms with Crippen LogP contribution in [0.25, 0.3) is 33.1 Å². The molecule has 45 heavy (non-hydrogen) atoms. The topological polar surface area (TPSA) is 56.8 Å². The van der Waals surface area contributed by atoms with Crippen molar-refractivity contribution in [2.45, 2.75) is 32.1 Å². The van der Waals surface area contributed by atoms with E-state index in [0.29, 0.717) is 17.6 Å². The number of para-hydroxylation sites is 2. The molecular weight excluding hydrogens is 553 g/mol. The van der Waals surface area contributed by atoms with E-state index in [4.69, 9.17) is 4.42 Å². The van der Waals surface area contributed by atoms with Crippen LogP contribution in [0.4, 0.5) is 5.69 Å². The summed E-state index contributed by atoms with van der Waals surface area (Å²) >= 11 is 0. The molecule has 0 amide bonds. The van der Waals surface area contributed by atoms with E-state index < -0.39 is 7.12 Å². The smallest absolute Gasteiger partial charge is 0.454 e. The Labute approximate surface area is 264 Å². The predicted octanol–water partition coefficient (Wildman–Crippen LogP) is 8.32. The molecule has 4 aromatic carbocycles. The van der Waals surface area contributed by atoms with Gasteiger partial charge in [0.05, 0.1) is 5.69 Å². The van der Waals surface area contributed by atoms with Crippen molar-refractivity contribution < 1.29 is 14.5 Å². The van der Waals surface area contributed by atoms with Gasteiger partial charge >= 0.3 is 7.12 Å². The summed E-state index contributed by atoms with van der Waals surface area (Å²) in [7, 11) is -1.62. The lowest BCUT2D eigenvalue weighted by Gasteiger charge is -2.32. The van der Waals surface area contributed by atoms with Crippen molar-refractivity contribution in [1.29, 1.82) is 0 Å². The summed E-state index contributed by atoms with van der Waals surface area (Å²) in [5, 5.41) is 22.0. The van der Waals surface area contributed by atoms with Gasteiger partial charge in [0, 0.05) is 33.9 Å². The first kappa shape index (κ1) is 28.9. The number of nitrogens with zero attached hydrogens (tertiary/aromatic N) is 1. The third kappa shape index (κ3) is 4.99. The predicted molar refractivity (Wildman–Crippen MR) is 188 cm³/mol. The molecule has 0 radical (unpaired) electrons. The van der Waals surface area contributed by atoms with Crippen LogP contribution in [0.5, 0.6) is 0 Å². The number of fused-ring (bicyclic) bond motifs is 5. The van der Waals surface area contributed by atoms with Crippen LogP contribution in [0, 0.1) is 0 Å². The molecular formula is C40H36BNO3. The van der Waals surface area contributed by atoms with Crippen LogP contribution in [0.2, 0.25) is 0 Å². The van der Waals surface area contributed by atoms with Crippen molar-refractivity contribution in [3.8, 4) is 0 Å². The van der Waals surface area contributed by atoms with E-state index in [1.54, 1.807) is 6.07 Å². The first-order valence-electron chi connectivity index (χ1n) is 15.5. The minimum atomic E-state index is -1.62. The molecule has 1 heterocycles. The van der Waals surface area contributed by atoms with E-state index in [9.17, 15) is 10.0 Å². The Balaban J connectivity index is 1.37. The molecule has 7 rings (SSSR count). The Morgan fingerprint density at radius 2 is 1.62 bits per heavy atom. The summed E-state index contributed by atoms with van der Waals surface area (Å²) in [4.78, 5) is 2.36. The van der Waals surface area contributed by atoms with Gasteiger partial charge in [0.25, 0.3) is 0 Å². The molecule has 5 heteroatoms. The van der Waals surface area contributed by atoms with Gasteiger partial charge < -0.3 is 19.4 Å². The number of furan rings is 1. The minimum absolute atomic E-state index is 0.0934. The lowest BCUT2D eigenvalue weighted by Crippen LogP contribution is -2.29. The maximum atomic E-state index is 10.1. The quantitative estimate of drug-likeness (QED) is 0.141. The Morgan fingerprint density at radius 1 is 0.889 bits per heavy atom. The highest BCUT2D eigenvalue weighted by Gasteiger charge is 2.38. The third-order valence-electron chi connectivity index (χ3n) is 9.31. The number of benzene rings is 4. The van der Waals surface area contributed by atoms with Gasteiger partial charge in [-0.15, -0.1) is 0 Å². The lowest BCUT2D eigenvalue weighted by atomic mass is 9.79. The summed E-state index contributed by atoms with van der Waals surface area (Å²) in [6, 6.07) is 30.9. The first-order valence-corrected chi connectivity index (χ1v) is 15.5. The monoisotopic (exact) mass is 589 g/mol. The second-order valence-corrected chi connectivity index (χ2v) is 12.3. The zero-order valence-electron chi connectivity index (χ0n) is 25.7. The molecule has 2 N–H and O–H groups in total. The fraction of sp³-hybridized carbons (Fsp3) is 0.150. The standard InChI is InChI=1S/C40H36BNO3/c1-4-13-27(28-14-6-5-7-15-28)16-12-25-42(29-23-24-31-30-17-8-9-20-34(30)40(2,3)35(31)26-29)37-22-11-19-33-32-18-10-21-36(41(43)44)38(32)45-39(33)37/h4-22,26,43-44H,1,23-25H2,2-3H3/b16-12-,27-13+. The van der Waals surface area contributed by atoms with Gasteiger partial charge in [-0.3, -0.25) is 0 Å². The third-order valence-corrected chi connectivity index (χ3v) is 9.31. The van der Waals surface area contributed by atoms with Gasteiger partial charge in [-0.2, -0.15) is 0 Å². The Bertz CT molecular complexity index is 2060. The van der Waals surface area contributed by atoms with Gasteiger partial charge in [-0.05, 0) is 58.4 Å². The minimum Gasteiger partial charge on any atom is -0.454 e. The van der Waals surface area contributed by atoms with E-state index in [-0.39, 0.29) is 5.41 Å². The fourth-order valence-electron chi connectivity index (χ4n) is 7.10. The molecule has 5 aromatic rings. The average Bonchev–Trinajstić information content (AvgIpc) is 3.55. The van der Waals surface area contributed by atoms with Crippen molar-refractivity contribution in [2.75, 3.05) is 11.4 Å². The summed E-state index contributed by atoms with van der Waals surface area (Å²) in [5.41, 5.74) is 11.5. The van der Waals surface area contributed by atoms with Crippen LogP contribution < -0.4 is 10.4 Å². The molecule has 0 spiro atoms. The second kappa shape index (κ2) is 11.6. The van der Waals surface area contributed by atoms with E-state index in [0.717, 1.165) is 46.0 Å². The second-order valence-electron chi connectivity index (χ2n) is 12.3. The highest BCUT2D eigenvalue weighted by atomic mass is 16.4. The summed E-state index contributed by atoms with van der Waals surface area (Å²) in [6.07, 6.45) is 12.5. The SMILES string of the molecule is C=C/C=C(\C=C/CN(C1=CC2=C(CC1)c1ccccc1C2(C)C)c1cccc2c1oc1c(B(O)O)cccc12)c1ccccc1. The normalized spacial score (nSPS) is 15.8. The molecule has 2 aliphatic carbocycles. The van der Waals surface area contributed by atoms with Crippen molar-refractivity contribution in [1.82, 2.24) is 0 Å². The highest BCUT2D eigenvalue weighted by molar-refractivity contribution is 6.61. The molecule has 2 aliphatic rings. The number of hydrogen-bond acceptors (Lipinski definition) is 4. The number of rotatable bonds is 8. The molecule has 0 bridgehead atoms. The molecule has 0 unspecified atom stereocenters. The molecule has 0 saturated carbocycles. The summed E-state index contributed by atoms with van der Waals surface area (Å²) in [6.45, 7) is 9.21. The van der Waals surface area contributed by atoms with Crippen LogP contribution in [0.3, 0.4) is 0 Å². The maximum Gasteiger partial charge on any atom is 0.492 e. The Kier molecular flexibility index (Phi) is 7.44. The average molecular weight is 590 g/mol. The van der Waals surface area contributed by atoms with E-state index in [1.165, 1.54) is 28.0 Å².